The molecule has 2 aliphatic rings. The lowest BCUT2D eigenvalue weighted by Gasteiger charge is -2.32. The van der Waals surface area contributed by atoms with Crippen molar-refractivity contribution in [2.24, 2.45) is 23.7 Å². The second-order valence-corrected chi connectivity index (χ2v) is 7.31. The molecule has 0 heterocycles. The third kappa shape index (κ3) is 6.72. The fraction of sp³-hybridized carbons (Fsp3) is 0.789. The molecule has 0 radical (unpaired) electrons. The van der Waals surface area contributed by atoms with Crippen molar-refractivity contribution in [3.05, 3.63) is 24.3 Å². The molecule has 2 fully saturated rings. The van der Waals surface area contributed by atoms with Gasteiger partial charge in [-0.05, 0) is 76.0 Å². The van der Waals surface area contributed by atoms with E-state index in [-0.39, 0.29) is 18.8 Å². The summed E-state index contributed by atoms with van der Waals surface area (Å²) in [6.07, 6.45) is 4.94. The van der Waals surface area contributed by atoms with Gasteiger partial charge in [-0.15, -0.1) is 13.2 Å². The molecule has 6 heteroatoms. The molecule has 0 saturated heterocycles. The summed E-state index contributed by atoms with van der Waals surface area (Å²) in [5, 5.41) is 0. The molecule has 144 valence electrons. The van der Waals surface area contributed by atoms with Gasteiger partial charge in [0.2, 0.25) is 0 Å². The second-order valence-electron chi connectivity index (χ2n) is 7.31. The van der Waals surface area contributed by atoms with Gasteiger partial charge in [0.25, 0.3) is 0 Å². The Hall–Kier alpha value is -0.910. The molecular weight excluding hydrogens is 339 g/mol. The Morgan fingerprint density at radius 1 is 0.680 bits per heavy atom. The lowest BCUT2D eigenvalue weighted by molar-refractivity contribution is -0.438. The molecule has 2 aliphatic carbocycles. The average molecular weight is 366 g/mol. The van der Waals surface area contributed by atoms with Gasteiger partial charge in [-0.3, -0.25) is 0 Å². The average Bonchev–Trinajstić information content (AvgIpc) is 2.53. The lowest BCUT2D eigenvalue weighted by Crippen LogP contribution is -2.38. The van der Waals surface area contributed by atoms with Gasteiger partial charge in [0.1, 0.15) is 0 Å². The van der Waals surface area contributed by atoms with Crippen molar-refractivity contribution in [3.63, 3.8) is 0 Å². The molecule has 0 aromatic heterocycles. The lowest BCUT2D eigenvalue weighted by atomic mass is 9.78. The topological polar surface area (TPSA) is 9.23 Å². The molecule has 0 aromatic carbocycles. The molecular formula is C19H27F5O. The van der Waals surface area contributed by atoms with E-state index in [1.54, 1.807) is 0 Å². The van der Waals surface area contributed by atoms with Crippen LogP contribution >= 0.6 is 0 Å². The van der Waals surface area contributed by atoms with Crippen molar-refractivity contribution < 1.29 is 26.7 Å². The molecule has 0 aromatic rings. The van der Waals surface area contributed by atoms with Gasteiger partial charge in [-0.2, -0.15) is 8.78 Å². The van der Waals surface area contributed by atoms with Crippen LogP contribution < -0.4 is 0 Å². The number of ether oxygens (including phenoxy) is 1. The minimum absolute atomic E-state index is 0.0616. The van der Waals surface area contributed by atoms with Gasteiger partial charge in [0.05, 0.1) is 5.92 Å². The van der Waals surface area contributed by atoms with Gasteiger partial charge in [-0.25, -0.2) is 4.74 Å². The molecule has 0 atom stereocenters. The van der Waals surface area contributed by atoms with Crippen molar-refractivity contribution in [1.82, 2.24) is 0 Å². The van der Waals surface area contributed by atoms with E-state index in [1.165, 1.54) is 12.8 Å². The van der Waals surface area contributed by atoms with Crippen molar-refractivity contribution in [3.8, 4) is 0 Å². The second kappa shape index (κ2) is 8.65. The normalized spacial score (nSPS) is 32.6. The molecule has 2 rings (SSSR count). The Bertz CT molecular complexity index is 453. The summed E-state index contributed by atoms with van der Waals surface area (Å²) in [5.41, 5.74) is 0. The highest BCUT2D eigenvalue weighted by Gasteiger charge is 2.50. The van der Waals surface area contributed by atoms with E-state index in [9.17, 15) is 22.0 Å². The molecule has 0 aliphatic heterocycles. The number of hydrogen-bond donors (Lipinski definition) is 0. The minimum Gasteiger partial charge on any atom is -0.225 e. The van der Waals surface area contributed by atoms with Crippen LogP contribution in [0.4, 0.5) is 22.0 Å². The first-order valence-electron chi connectivity index (χ1n) is 9.15. The zero-order valence-electron chi connectivity index (χ0n) is 14.6. The Labute approximate surface area is 146 Å². The largest absolute Gasteiger partial charge is 0.527 e. The first-order valence-corrected chi connectivity index (χ1v) is 9.15. The first kappa shape index (κ1) is 20.4. The predicted octanol–water partition coefficient (Wildman–Crippen LogP) is 6.86. The van der Waals surface area contributed by atoms with Crippen molar-refractivity contribution in [2.45, 2.75) is 70.8 Å². The van der Waals surface area contributed by atoms with E-state index in [2.05, 4.69) is 29.0 Å². The Morgan fingerprint density at radius 2 is 1.08 bits per heavy atom. The third-order valence-electron chi connectivity index (χ3n) is 5.44. The number of rotatable bonds is 5. The molecule has 0 spiro atoms. The molecule has 2 saturated carbocycles. The van der Waals surface area contributed by atoms with E-state index in [4.69, 9.17) is 0 Å². The van der Waals surface area contributed by atoms with E-state index >= 15 is 0 Å². The minimum atomic E-state index is -5.30. The van der Waals surface area contributed by atoms with Gasteiger partial charge in [0.15, 0.2) is 0 Å². The van der Waals surface area contributed by atoms with Crippen LogP contribution in [0.25, 0.3) is 0 Å². The van der Waals surface area contributed by atoms with Crippen molar-refractivity contribution in [1.29, 1.82) is 0 Å². The highest BCUT2D eigenvalue weighted by Crippen LogP contribution is 2.43. The van der Waals surface area contributed by atoms with E-state index in [1.807, 2.05) is 6.92 Å². The summed E-state index contributed by atoms with van der Waals surface area (Å²) in [6.45, 7) is 2.03. The van der Waals surface area contributed by atoms with E-state index < -0.39 is 18.4 Å². The quantitative estimate of drug-likeness (QED) is 0.381. The maximum Gasteiger partial charge on any atom is 0.527 e. The number of alkyl halides is 5. The predicted molar refractivity (Wildman–Crippen MR) is 86.9 cm³/mol. The van der Waals surface area contributed by atoms with Crippen LogP contribution in [-0.2, 0) is 4.74 Å². The standard InChI is InChI=1S/C19H27F5O/c1-2-3-14-4-6-15(7-5-14)8-9-16-10-12-17(13-11-16)18(20,21)25-19(22,23)24/h2-3,8-9,14-17H,4-7,10-13H2,1H3/b3-2+,9-8+. The van der Waals surface area contributed by atoms with Crippen LogP contribution in [0.3, 0.4) is 0 Å². The molecule has 0 bridgehead atoms. The highest BCUT2D eigenvalue weighted by molar-refractivity contribution is 4.98. The van der Waals surface area contributed by atoms with Crippen molar-refractivity contribution >= 4 is 0 Å². The summed E-state index contributed by atoms with van der Waals surface area (Å²) in [4.78, 5) is 0. The number of allylic oxidation sites excluding steroid dienone is 4. The zero-order chi connectivity index (χ0) is 18.5. The SMILES string of the molecule is C/C=C/C1CCC(/C=C/C2CCC(C(F)(F)OC(F)(F)F)CC2)CC1. The maximum absolute atomic E-state index is 13.5. The monoisotopic (exact) mass is 366 g/mol. The summed E-state index contributed by atoms with van der Waals surface area (Å²) >= 11 is 0. The van der Waals surface area contributed by atoms with E-state index in [0.29, 0.717) is 24.7 Å². The van der Waals surface area contributed by atoms with Gasteiger partial charge in [-0.1, -0.05) is 24.3 Å². The smallest absolute Gasteiger partial charge is 0.225 e. The van der Waals surface area contributed by atoms with Gasteiger partial charge >= 0.3 is 12.5 Å². The van der Waals surface area contributed by atoms with E-state index in [0.717, 1.165) is 12.8 Å². The van der Waals surface area contributed by atoms with Crippen LogP contribution in [0.1, 0.15) is 58.3 Å². The fourth-order valence-corrected chi connectivity index (χ4v) is 4.00. The zero-order valence-corrected chi connectivity index (χ0v) is 14.6. The summed E-state index contributed by atoms with van der Waals surface area (Å²) in [5.74, 6) is 0.0384. The summed E-state index contributed by atoms with van der Waals surface area (Å²) < 4.78 is 66.3. The van der Waals surface area contributed by atoms with Crippen LogP contribution in [-0.4, -0.2) is 12.5 Å². The van der Waals surface area contributed by atoms with Gasteiger partial charge in [0, 0.05) is 0 Å². The first-order chi connectivity index (χ1) is 11.7. The van der Waals surface area contributed by atoms with Crippen LogP contribution in [0, 0.1) is 23.7 Å². The fourth-order valence-electron chi connectivity index (χ4n) is 4.00. The Morgan fingerprint density at radius 3 is 1.48 bits per heavy atom. The maximum atomic E-state index is 13.5. The summed E-state index contributed by atoms with van der Waals surface area (Å²) in [6, 6.07) is 0. The third-order valence-corrected chi connectivity index (χ3v) is 5.44. The molecule has 0 unspecified atom stereocenters. The molecule has 0 amide bonds. The van der Waals surface area contributed by atoms with Crippen LogP contribution in [0.15, 0.2) is 24.3 Å². The van der Waals surface area contributed by atoms with Crippen molar-refractivity contribution in [2.75, 3.05) is 0 Å². The van der Waals surface area contributed by atoms with Gasteiger partial charge < -0.3 is 0 Å². The molecule has 0 N–H and O–H groups in total. The van der Waals surface area contributed by atoms with Crippen LogP contribution in [0.5, 0.6) is 0 Å². The summed E-state index contributed by atoms with van der Waals surface area (Å²) in [7, 11) is 0. The Kier molecular flexibility index (Phi) is 7.06. The Balaban J connectivity index is 1.75. The highest BCUT2D eigenvalue weighted by atomic mass is 19.4. The number of halogens is 5. The molecule has 1 nitrogen and oxygen atoms in total. The van der Waals surface area contributed by atoms with Crippen LogP contribution in [0.2, 0.25) is 0 Å². The number of hydrogen-bond acceptors (Lipinski definition) is 1. The molecule has 25 heavy (non-hydrogen) atoms.